The smallest absolute Gasteiger partial charge is 0.338 e. The van der Waals surface area contributed by atoms with E-state index in [-0.39, 0.29) is 11.9 Å². The molecule has 0 aliphatic carbocycles. The highest BCUT2D eigenvalue weighted by Gasteiger charge is 2.19. The van der Waals surface area contributed by atoms with E-state index in [1.54, 1.807) is 0 Å². The number of ether oxygens (including phenoxy) is 2. The van der Waals surface area contributed by atoms with Crippen LogP contribution in [0.25, 0.3) is 55.4 Å². The van der Waals surface area contributed by atoms with Crippen molar-refractivity contribution >= 4 is 33.7 Å². The zero-order chi connectivity index (χ0) is 33.3. The Morgan fingerprint density at radius 1 is 0.500 bits per heavy atom. The van der Waals surface area contributed by atoms with Crippen molar-refractivity contribution in [3.63, 3.8) is 0 Å². The first-order valence-corrected chi connectivity index (χ1v) is 16.9. The molecule has 6 nitrogen and oxygen atoms in total. The SMILES string of the molecule is CCCCCOC(=O)c1cc(-c2ccccc2)nc2ccc(-c3ccc4nc(-c5ccccc5)cc(C(=O)OCCCCC)c4c3)cc12. The van der Waals surface area contributed by atoms with Gasteiger partial charge in [-0.1, -0.05) is 112 Å². The van der Waals surface area contributed by atoms with Crippen molar-refractivity contribution in [1.29, 1.82) is 0 Å². The fourth-order valence-electron chi connectivity index (χ4n) is 5.85. The lowest BCUT2D eigenvalue weighted by Crippen LogP contribution is -2.08. The summed E-state index contributed by atoms with van der Waals surface area (Å²) in [6, 6.07) is 35.2. The summed E-state index contributed by atoms with van der Waals surface area (Å²) in [5.74, 6) is -0.728. The van der Waals surface area contributed by atoms with Crippen LogP contribution in [0.5, 0.6) is 0 Å². The Kier molecular flexibility index (Phi) is 10.5. The average molecular weight is 637 g/mol. The molecule has 0 bridgehead atoms. The Balaban J connectivity index is 1.43. The number of rotatable bonds is 13. The molecule has 0 fully saturated rings. The summed E-state index contributed by atoms with van der Waals surface area (Å²) in [6.07, 6.45) is 5.74. The summed E-state index contributed by atoms with van der Waals surface area (Å²) in [5.41, 5.74) is 7.39. The monoisotopic (exact) mass is 636 g/mol. The lowest BCUT2D eigenvalue weighted by molar-refractivity contribution is 0.0491. The molecule has 0 spiro atoms. The molecule has 0 amide bonds. The van der Waals surface area contributed by atoms with Crippen LogP contribution in [-0.2, 0) is 9.47 Å². The van der Waals surface area contributed by atoms with Gasteiger partial charge in [0.25, 0.3) is 0 Å². The summed E-state index contributed by atoms with van der Waals surface area (Å²) in [6.45, 7) is 4.99. The maximum Gasteiger partial charge on any atom is 0.338 e. The predicted octanol–water partition coefficient (Wildman–Crippen LogP) is 10.5. The first-order valence-electron chi connectivity index (χ1n) is 16.9. The quantitative estimate of drug-likeness (QED) is 0.0927. The Bertz CT molecular complexity index is 1890. The topological polar surface area (TPSA) is 78.4 Å². The molecule has 0 unspecified atom stereocenters. The number of pyridine rings is 2. The van der Waals surface area contributed by atoms with Crippen LogP contribution < -0.4 is 0 Å². The molecule has 242 valence electrons. The van der Waals surface area contributed by atoms with Crippen molar-refractivity contribution in [2.75, 3.05) is 13.2 Å². The Hall–Kier alpha value is -5.36. The van der Waals surface area contributed by atoms with Crippen LogP contribution >= 0.6 is 0 Å². The van der Waals surface area contributed by atoms with E-state index in [0.29, 0.717) is 57.5 Å². The van der Waals surface area contributed by atoms with E-state index in [1.165, 1.54) is 0 Å². The fraction of sp³-hybridized carbons (Fsp3) is 0.238. The molecular weight excluding hydrogens is 596 g/mol. The van der Waals surface area contributed by atoms with Crippen LogP contribution in [-0.4, -0.2) is 35.1 Å². The molecule has 0 atom stereocenters. The van der Waals surface area contributed by atoms with E-state index >= 15 is 0 Å². The van der Waals surface area contributed by atoms with E-state index in [2.05, 4.69) is 13.8 Å². The first-order chi connectivity index (χ1) is 23.6. The third kappa shape index (κ3) is 7.44. The third-order valence-corrected chi connectivity index (χ3v) is 8.49. The van der Waals surface area contributed by atoms with E-state index < -0.39 is 0 Å². The van der Waals surface area contributed by atoms with Gasteiger partial charge in [-0.2, -0.15) is 0 Å². The van der Waals surface area contributed by atoms with Crippen molar-refractivity contribution in [1.82, 2.24) is 9.97 Å². The average Bonchev–Trinajstić information content (AvgIpc) is 3.14. The summed E-state index contributed by atoms with van der Waals surface area (Å²) < 4.78 is 11.5. The van der Waals surface area contributed by atoms with Gasteiger partial charge in [-0.3, -0.25) is 0 Å². The van der Waals surface area contributed by atoms with Gasteiger partial charge in [-0.25, -0.2) is 19.6 Å². The van der Waals surface area contributed by atoms with E-state index in [4.69, 9.17) is 19.4 Å². The molecule has 2 heterocycles. The highest BCUT2D eigenvalue weighted by molar-refractivity contribution is 6.07. The lowest BCUT2D eigenvalue weighted by Gasteiger charge is -2.13. The second-order valence-electron chi connectivity index (χ2n) is 12.0. The number of aromatic nitrogens is 2. The summed E-state index contributed by atoms with van der Waals surface area (Å²) >= 11 is 0. The molecule has 0 radical (unpaired) electrons. The number of hydrogen-bond donors (Lipinski definition) is 0. The van der Waals surface area contributed by atoms with Gasteiger partial charge in [0.1, 0.15) is 0 Å². The molecule has 6 rings (SSSR count). The van der Waals surface area contributed by atoms with Gasteiger partial charge in [0.2, 0.25) is 0 Å². The summed E-state index contributed by atoms with van der Waals surface area (Å²) in [4.78, 5) is 36.9. The number of carbonyl (C=O) groups excluding carboxylic acids is 2. The highest BCUT2D eigenvalue weighted by Crippen LogP contribution is 2.33. The number of unbranched alkanes of at least 4 members (excludes halogenated alkanes) is 4. The van der Waals surface area contributed by atoms with Gasteiger partial charge in [0.15, 0.2) is 0 Å². The maximum absolute atomic E-state index is 13.5. The molecule has 0 saturated carbocycles. The number of benzene rings is 4. The number of carbonyl (C=O) groups is 2. The second-order valence-corrected chi connectivity index (χ2v) is 12.0. The number of hydrogen-bond acceptors (Lipinski definition) is 6. The van der Waals surface area contributed by atoms with Crippen LogP contribution in [0, 0.1) is 0 Å². The minimum absolute atomic E-state index is 0.364. The van der Waals surface area contributed by atoms with Gasteiger partial charge in [0, 0.05) is 21.9 Å². The fourth-order valence-corrected chi connectivity index (χ4v) is 5.85. The molecule has 0 N–H and O–H groups in total. The third-order valence-electron chi connectivity index (χ3n) is 8.49. The lowest BCUT2D eigenvalue weighted by atomic mass is 9.96. The summed E-state index contributed by atoms with van der Waals surface area (Å²) in [5, 5.41) is 1.42. The van der Waals surface area contributed by atoms with Gasteiger partial charge in [-0.05, 0) is 60.4 Å². The zero-order valence-corrected chi connectivity index (χ0v) is 27.6. The number of esters is 2. The zero-order valence-electron chi connectivity index (χ0n) is 27.6. The van der Waals surface area contributed by atoms with Crippen LogP contribution in [0.2, 0.25) is 0 Å². The van der Waals surface area contributed by atoms with Crippen LogP contribution in [0.15, 0.2) is 109 Å². The normalized spacial score (nSPS) is 11.1. The maximum atomic E-state index is 13.5. The Labute approximate surface area is 281 Å². The molecule has 0 aliphatic heterocycles. The van der Waals surface area contributed by atoms with Gasteiger partial charge < -0.3 is 9.47 Å². The second kappa shape index (κ2) is 15.5. The minimum atomic E-state index is -0.364. The molecular formula is C42H40N2O4. The molecule has 4 aromatic carbocycles. The first kappa shape index (κ1) is 32.6. The molecule has 6 aromatic rings. The summed E-state index contributed by atoms with van der Waals surface area (Å²) in [7, 11) is 0. The predicted molar refractivity (Wildman–Crippen MR) is 193 cm³/mol. The number of nitrogens with zero attached hydrogens (tertiary/aromatic N) is 2. The van der Waals surface area contributed by atoms with E-state index in [1.807, 2.05) is 109 Å². The van der Waals surface area contributed by atoms with Gasteiger partial charge >= 0.3 is 11.9 Å². The number of fused-ring (bicyclic) bond motifs is 2. The van der Waals surface area contributed by atoms with Crippen molar-refractivity contribution in [2.45, 2.75) is 52.4 Å². The molecule has 6 heteroatoms. The van der Waals surface area contributed by atoms with Gasteiger partial charge in [-0.15, -0.1) is 0 Å². The molecule has 48 heavy (non-hydrogen) atoms. The van der Waals surface area contributed by atoms with E-state index in [9.17, 15) is 9.59 Å². The Morgan fingerprint density at radius 2 is 0.917 bits per heavy atom. The largest absolute Gasteiger partial charge is 0.462 e. The van der Waals surface area contributed by atoms with Crippen molar-refractivity contribution in [2.24, 2.45) is 0 Å². The van der Waals surface area contributed by atoms with Crippen molar-refractivity contribution in [3.8, 4) is 33.6 Å². The Morgan fingerprint density at radius 3 is 1.31 bits per heavy atom. The minimum Gasteiger partial charge on any atom is -0.462 e. The van der Waals surface area contributed by atoms with Crippen LogP contribution in [0.3, 0.4) is 0 Å². The highest BCUT2D eigenvalue weighted by atomic mass is 16.5. The molecule has 2 aromatic heterocycles. The molecule has 0 saturated heterocycles. The molecule has 0 aliphatic rings. The van der Waals surface area contributed by atoms with Crippen LogP contribution in [0.1, 0.15) is 73.1 Å². The van der Waals surface area contributed by atoms with Gasteiger partial charge in [0.05, 0.1) is 46.8 Å². The van der Waals surface area contributed by atoms with Crippen LogP contribution in [0.4, 0.5) is 0 Å². The van der Waals surface area contributed by atoms with Crippen molar-refractivity contribution in [3.05, 3.63) is 120 Å². The van der Waals surface area contributed by atoms with Crippen molar-refractivity contribution < 1.29 is 19.1 Å². The standard InChI is InChI=1S/C42H40N2O4/c1-3-5-13-23-47-41(45)35-27-39(29-15-9-7-10-16-29)43-37-21-19-31(25-33(35)37)32-20-22-38-34(26-32)36(42(46)48-24-14-6-4-2)28-40(44-38)30-17-11-8-12-18-30/h7-12,15-22,25-28H,3-6,13-14,23-24H2,1-2H3. The van der Waals surface area contributed by atoms with E-state index in [0.717, 1.165) is 60.8 Å².